The summed E-state index contributed by atoms with van der Waals surface area (Å²) in [5.41, 5.74) is 1.86. The number of cyclic esters (lactones) is 1. The van der Waals surface area contributed by atoms with Gasteiger partial charge in [-0.3, -0.25) is 14.5 Å². The van der Waals surface area contributed by atoms with Crippen LogP contribution < -0.4 is 15.0 Å². The molecule has 266 valence electrons. The summed E-state index contributed by atoms with van der Waals surface area (Å²) in [6, 6.07) is 21.5. The van der Waals surface area contributed by atoms with Crippen molar-refractivity contribution >= 4 is 38.7 Å². The first-order valence-corrected chi connectivity index (χ1v) is 17.9. The minimum atomic E-state index is -4.09. The summed E-state index contributed by atoms with van der Waals surface area (Å²) >= 11 is 0. The molecule has 0 saturated heterocycles. The third-order valence-electron chi connectivity index (χ3n) is 9.26. The van der Waals surface area contributed by atoms with Crippen molar-refractivity contribution in [2.24, 2.45) is 4.99 Å². The lowest BCUT2D eigenvalue weighted by Gasteiger charge is -2.35. The number of aryl methyl sites for hydroxylation is 1. The van der Waals surface area contributed by atoms with Crippen LogP contribution in [-0.2, 0) is 54.3 Å². The monoisotopic (exact) mass is 722 g/mol. The van der Waals surface area contributed by atoms with Crippen molar-refractivity contribution in [1.82, 2.24) is 14.3 Å². The Balaban J connectivity index is 1.21. The Kier molecular flexibility index (Phi) is 8.78. The number of carbonyl (C=O) groups is 2. The van der Waals surface area contributed by atoms with Crippen molar-refractivity contribution in [1.29, 1.82) is 0 Å². The van der Waals surface area contributed by atoms with Crippen molar-refractivity contribution in [3.63, 3.8) is 0 Å². The molecule has 0 unspecified atom stereocenters. The van der Waals surface area contributed by atoms with Gasteiger partial charge in [0.1, 0.15) is 30.5 Å². The van der Waals surface area contributed by atoms with E-state index in [0.29, 0.717) is 33.6 Å². The van der Waals surface area contributed by atoms with Gasteiger partial charge >= 0.3 is 11.9 Å². The second kappa shape index (κ2) is 13.3. The molecule has 4 heterocycles. The van der Waals surface area contributed by atoms with Gasteiger partial charge in [-0.2, -0.15) is 0 Å². The third-order valence-corrected chi connectivity index (χ3v) is 10.7. The number of rotatable bonds is 9. The fraction of sp³-hybridized carbons (Fsp3) is 0.237. The lowest BCUT2D eigenvalue weighted by atomic mass is 9.85. The Hall–Kier alpha value is -6.02. The molecule has 0 amide bonds. The Morgan fingerprint density at radius 1 is 1.06 bits per heavy atom. The summed E-state index contributed by atoms with van der Waals surface area (Å²) in [5, 5.41) is 10.7. The van der Waals surface area contributed by atoms with Gasteiger partial charge in [-0.05, 0) is 73.5 Å². The second-order valence-electron chi connectivity index (χ2n) is 12.6. The van der Waals surface area contributed by atoms with Gasteiger partial charge in [-0.15, -0.1) is 0 Å². The summed E-state index contributed by atoms with van der Waals surface area (Å²) < 4.78 is 47.3. The average Bonchev–Trinajstić information content (AvgIpc) is 3.49. The topological polar surface area (TPSA) is 175 Å². The molecule has 2 aromatic heterocycles. The van der Waals surface area contributed by atoms with Gasteiger partial charge in [-0.1, -0.05) is 36.8 Å². The minimum Gasteiger partial charge on any atom is -0.508 e. The van der Waals surface area contributed by atoms with E-state index in [0.717, 1.165) is 11.1 Å². The SMILES string of the molecule is CC[C@@]1(OC(=O)CN=C(Cc2ccc(OC)cc2)NS(=O)(=O)c2ccc(C)cc2)C(=O)OCc2c1cc1n(c2=O)Cc2cc3cc(O)ccc3nc2-1. The number of amidine groups is 1. The van der Waals surface area contributed by atoms with Crippen LogP contribution in [0.1, 0.15) is 41.2 Å². The number of phenols is 1. The number of methoxy groups -OCH3 is 1. The molecule has 0 spiro atoms. The first-order valence-electron chi connectivity index (χ1n) is 16.5. The zero-order valence-electron chi connectivity index (χ0n) is 28.5. The fourth-order valence-corrected chi connectivity index (χ4v) is 7.57. The molecule has 0 bridgehead atoms. The highest BCUT2D eigenvalue weighted by molar-refractivity contribution is 7.90. The maximum atomic E-state index is 13.9. The Morgan fingerprint density at radius 3 is 2.52 bits per heavy atom. The summed E-state index contributed by atoms with van der Waals surface area (Å²) in [5.74, 6) is -1.14. The van der Waals surface area contributed by atoms with E-state index in [1.165, 1.54) is 29.9 Å². The molecule has 0 radical (unpaired) electrons. The van der Waals surface area contributed by atoms with E-state index >= 15 is 0 Å². The van der Waals surface area contributed by atoms with E-state index in [1.54, 1.807) is 61.5 Å². The van der Waals surface area contributed by atoms with E-state index in [-0.39, 0.29) is 53.6 Å². The molecule has 7 rings (SSSR count). The lowest BCUT2D eigenvalue weighted by molar-refractivity contribution is -0.188. The highest BCUT2D eigenvalue weighted by atomic mass is 32.2. The van der Waals surface area contributed by atoms with E-state index in [1.807, 2.05) is 13.0 Å². The molecule has 5 aromatic rings. The molecule has 1 atom stereocenters. The summed E-state index contributed by atoms with van der Waals surface area (Å²) in [6.07, 6.45) is -0.0526. The smallest absolute Gasteiger partial charge is 0.355 e. The van der Waals surface area contributed by atoms with Crippen LogP contribution in [0.2, 0.25) is 0 Å². The van der Waals surface area contributed by atoms with Crippen LogP contribution in [0.5, 0.6) is 11.5 Å². The number of hydrogen-bond donors (Lipinski definition) is 2. The van der Waals surface area contributed by atoms with E-state index in [4.69, 9.17) is 19.2 Å². The highest BCUT2D eigenvalue weighted by Gasteiger charge is 2.50. The number of hydrogen-bond acceptors (Lipinski definition) is 11. The quantitative estimate of drug-likeness (QED) is 0.125. The molecule has 13 nitrogen and oxygen atoms in total. The summed E-state index contributed by atoms with van der Waals surface area (Å²) in [7, 11) is -2.56. The number of benzene rings is 3. The van der Waals surface area contributed by atoms with E-state index < -0.39 is 39.7 Å². The standard InChI is InChI=1S/C38H34N4O9S/c1-4-38(30-18-32-35-25(16-24-17-26(43)9-14-31(24)40-35)20-42(32)36(45)29(30)21-50-37(38)46)51-34(44)19-39-33(15-23-7-10-27(49-3)11-8-23)41-52(47,48)28-12-5-22(2)6-13-28/h5-14,16-18,43H,4,15,19-21H2,1-3H3,(H,39,41)/t38-/m0/s1. The van der Waals surface area contributed by atoms with Gasteiger partial charge in [0.15, 0.2) is 0 Å². The van der Waals surface area contributed by atoms with Gasteiger partial charge < -0.3 is 23.9 Å². The molecular formula is C38H34N4O9S. The number of aliphatic imine (C=N–C) groups is 1. The predicted molar refractivity (Wildman–Crippen MR) is 191 cm³/mol. The number of aromatic hydroxyl groups is 1. The van der Waals surface area contributed by atoms with Crippen molar-refractivity contribution < 1.29 is 37.3 Å². The fourth-order valence-electron chi connectivity index (χ4n) is 6.51. The number of nitrogens with one attached hydrogen (secondary N) is 1. The van der Waals surface area contributed by atoms with Crippen molar-refractivity contribution in [2.45, 2.75) is 50.3 Å². The molecule has 0 aliphatic carbocycles. The number of ether oxygens (including phenoxy) is 3. The molecule has 52 heavy (non-hydrogen) atoms. The third kappa shape index (κ3) is 6.25. The highest BCUT2D eigenvalue weighted by Crippen LogP contribution is 2.41. The Labute approximate surface area is 298 Å². The van der Waals surface area contributed by atoms with Crippen LogP contribution in [0, 0.1) is 6.92 Å². The molecule has 0 saturated carbocycles. The second-order valence-corrected chi connectivity index (χ2v) is 14.3. The normalized spacial score (nSPS) is 16.4. The number of fused-ring (bicyclic) bond motifs is 5. The number of esters is 2. The van der Waals surface area contributed by atoms with Crippen LogP contribution in [-0.4, -0.2) is 54.5 Å². The minimum absolute atomic E-state index is 0.00969. The summed E-state index contributed by atoms with van der Waals surface area (Å²) in [4.78, 5) is 50.1. The van der Waals surface area contributed by atoms with Crippen molar-refractivity contribution in [2.75, 3.05) is 13.7 Å². The number of pyridine rings is 2. The lowest BCUT2D eigenvalue weighted by Crippen LogP contribution is -2.48. The van der Waals surface area contributed by atoms with Crippen LogP contribution in [0.3, 0.4) is 0 Å². The number of nitrogens with zero attached hydrogens (tertiary/aromatic N) is 3. The largest absolute Gasteiger partial charge is 0.508 e. The van der Waals surface area contributed by atoms with Crippen LogP contribution in [0.4, 0.5) is 0 Å². The molecule has 2 aliphatic rings. The van der Waals surface area contributed by atoms with Crippen LogP contribution in [0.15, 0.2) is 93.5 Å². The van der Waals surface area contributed by atoms with E-state index in [2.05, 4.69) is 9.71 Å². The predicted octanol–water partition coefficient (Wildman–Crippen LogP) is 4.27. The van der Waals surface area contributed by atoms with Gasteiger partial charge in [0.2, 0.25) is 5.60 Å². The molecule has 3 aromatic carbocycles. The van der Waals surface area contributed by atoms with Gasteiger partial charge in [-0.25, -0.2) is 23.0 Å². The Bertz CT molecular complexity index is 2460. The maximum Gasteiger partial charge on any atom is 0.355 e. The van der Waals surface area contributed by atoms with Gasteiger partial charge in [0.05, 0.1) is 41.0 Å². The molecule has 14 heteroatoms. The Morgan fingerprint density at radius 2 is 1.81 bits per heavy atom. The number of phenolic OH excluding ortho intramolecular Hbond substituents is 1. The summed E-state index contributed by atoms with van der Waals surface area (Å²) in [6.45, 7) is 2.72. The number of aromatic nitrogens is 2. The molecule has 2 aliphatic heterocycles. The number of sulfonamides is 1. The maximum absolute atomic E-state index is 13.9. The van der Waals surface area contributed by atoms with Crippen LogP contribution in [0.25, 0.3) is 22.3 Å². The zero-order chi connectivity index (χ0) is 36.8. The number of carbonyl (C=O) groups excluding carboxylic acids is 2. The van der Waals surface area contributed by atoms with Crippen LogP contribution >= 0.6 is 0 Å². The molecule has 2 N–H and O–H groups in total. The van der Waals surface area contributed by atoms with E-state index in [9.17, 15) is 27.9 Å². The van der Waals surface area contributed by atoms with Gasteiger partial charge in [0, 0.05) is 22.9 Å². The first kappa shape index (κ1) is 34.4. The molecule has 0 fully saturated rings. The first-order chi connectivity index (χ1) is 24.9. The van der Waals surface area contributed by atoms with Gasteiger partial charge in [0.25, 0.3) is 15.6 Å². The van der Waals surface area contributed by atoms with Crippen molar-refractivity contribution in [3.8, 4) is 22.9 Å². The van der Waals surface area contributed by atoms with Crippen molar-refractivity contribution in [3.05, 3.63) is 117 Å². The molecular weight excluding hydrogens is 689 g/mol. The zero-order valence-corrected chi connectivity index (χ0v) is 29.3. The average molecular weight is 723 g/mol.